The SMILES string of the molecule is C=CCn1c(=O)c2cnc(Nc3cc4c(cc3F)CCNC4)nc2n1-c1ccnc(C(C)(C)C)c1. The Hall–Kier alpha value is -3.85. The predicted molar refractivity (Wildman–Crippen MR) is 135 cm³/mol. The van der Waals surface area contributed by atoms with Gasteiger partial charge in [0.05, 0.1) is 17.9 Å². The first-order chi connectivity index (χ1) is 16.8. The van der Waals surface area contributed by atoms with E-state index in [0.717, 1.165) is 35.5 Å². The first-order valence-corrected chi connectivity index (χ1v) is 11.6. The van der Waals surface area contributed by atoms with Crippen LogP contribution in [0.1, 0.15) is 37.6 Å². The molecule has 3 aromatic heterocycles. The molecule has 1 aliphatic rings. The summed E-state index contributed by atoms with van der Waals surface area (Å²) in [5.74, 6) is -0.158. The van der Waals surface area contributed by atoms with Gasteiger partial charge in [-0.1, -0.05) is 26.8 Å². The molecule has 0 saturated heterocycles. The van der Waals surface area contributed by atoms with E-state index in [9.17, 15) is 9.18 Å². The third-order valence-corrected chi connectivity index (χ3v) is 6.16. The van der Waals surface area contributed by atoms with Crippen LogP contribution in [0.5, 0.6) is 0 Å². The maximum Gasteiger partial charge on any atom is 0.278 e. The number of hydrogen-bond acceptors (Lipinski definition) is 6. The summed E-state index contributed by atoms with van der Waals surface area (Å²) in [4.78, 5) is 26.6. The quantitative estimate of drug-likeness (QED) is 0.426. The lowest BCUT2D eigenvalue weighted by Gasteiger charge is -2.19. The highest BCUT2D eigenvalue weighted by atomic mass is 19.1. The molecule has 0 fully saturated rings. The molecule has 0 radical (unpaired) electrons. The fourth-order valence-electron chi connectivity index (χ4n) is 4.32. The lowest BCUT2D eigenvalue weighted by Crippen LogP contribution is -2.23. The van der Waals surface area contributed by atoms with Gasteiger partial charge >= 0.3 is 0 Å². The van der Waals surface area contributed by atoms with E-state index in [1.807, 2.05) is 12.1 Å². The highest BCUT2D eigenvalue weighted by Gasteiger charge is 2.21. The molecule has 8 nitrogen and oxygen atoms in total. The van der Waals surface area contributed by atoms with Crippen molar-refractivity contribution < 1.29 is 4.39 Å². The number of anilines is 2. The van der Waals surface area contributed by atoms with Crippen molar-refractivity contribution in [3.8, 4) is 5.69 Å². The number of rotatable bonds is 5. The van der Waals surface area contributed by atoms with Gasteiger partial charge in [-0.3, -0.25) is 9.78 Å². The van der Waals surface area contributed by atoms with Gasteiger partial charge in [-0.15, -0.1) is 6.58 Å². The van der Waals surface area contributed by atoms with Crippen LogP contribution in [0, 0.1) is 5.82 Å². The van der Waals surface area contributed by atoms with Crippen molar-refractivity contribution in [2.75, 3.05) is 11.9 Å². The largest absolute Gasteiger partial charge is 0.322 e. The van der Waals surface area contributed by atoms with E-state index in [2.05, 4.69) is 52.9 Å². The second-order valence-corrected chi connectivity index (χ2v) is 9.72. The molecule has 4 heterocycles. The standard InChI is InChI=1S/C26H28FN7O/c1-5-10-33-24(35)19-15-30-25(31-21-12-17-14-28-8-6-16(17)11-20(21)27)32-23(19)34(33)18-7-9-29-22(13-18)26(2,3)4/h5,7,9,11-13,15,28H,1,6,8,10,14H2,2-4H3,(H,30,31,32). The van der Waals surface area contributed by atoms with Gasteiger partial charge in [0, 0.05) is 30.0 Å². The molecule has 0 bridgehead atoms. The van der Waals surface area contributed by atoms with E-state index < -0.39 is 0 Å². The summed E-state index contributed by atoms with van der Waals surface area (Å²) < 4.78 is 18.1. The monoisotopic (exact) mass is 473 g/mol. The Bertz CT molecular complexity index is 1500. The van der Waals surface area contributed by atoms with Crippen molar-refractivity contribution in [1.29, 1.82) is 0 Å². The summed E-state index contributed by atoms with van der Waals surface area (Å²) in [6.45, 7) is 11.8. The molecule has 0 amide bonds. The highest BCUT2D eigenvalue weighted by Crippen LogP contribution is 2.27. The Kier molecular flexibility index (Phi) is 5.72. The topological polar surface area (TPSA) is 89.7 Å². The van der Waals surface area contributed by atoms with Crippen LogP contribution in [0.2, 0.25) is 0 Å². The van der Waals surface area contributed by atoms with Gasteiger partial charge < -0.3 is 10.6 Å². The Morgan fingerprint density at radius 3 is 2.83 bits per heavy atom. The number of halogens is 1. The van der Waals surface area contributed by atoms with Gasteiger partial charge in [0.25, 0.3) is 5.56 Å². The second kappa shape index (κ2) is 8.74. The van der Waals surface area contributed by atoms with Crippen LogP contribution >= 0.6 is 0 Å². The minimum absolute atomic E-state index is 0.178. The molecule has 9 heteroatoms. The van der Waals surface area contributed by atoms with Crippen LogP contribution in [0.4, 0.5) is 16.0 Å². The number of pyridine rings is 1. The van der Waals surface area contributed by atoms with Gasteiger partial charge in [0.1, 0.15) is 11.2 Å². The van der Waals surface area contributed by atoms with Gasteiger partial charge in [-0.25, -0.2) is 18.7 Å². The first kappa shape index (κ1) is 22.9. The van der Waals surface area contributed by atoms with Crippen LogP contribution in [-0.2, 0) is 24.9 Å². The molecule has 35 heavy (non-hydrogen) atoms. The Labute approximate surface area is 202 Å². The second-order valence-electron chi connectivity index (χ2n) is 9.72. The molecule has 5 rings (SSSR count). The zero-order chi connectivity index (χ0) is 24.7. The van der Waals surface area contributed by atoms with Crippen LogP contribution in [-0.4, -0.2) is 30.9 Å². The molecule has 0 aliphatic carbocycles. The van der Waals surface area contributed by atoms with E-state index in [1.54, 1.807) is 33.8 Å². The fourth-order valence-corrected chi connectivity index (χ4v) is 4.32. The van der Waals surface area contributed by atoms with E-state index >= 15 is 0 Å². The van der Waals surface area contributed by atoms with Crippen molar-refractivity contribution in [2.45, 2.75) is 45.7 Å². The van der Waals surface area contributed by atoms with Crippen molar-refractivity contribution in [2.24, 2.45) is 0 Å². The molecule has 4 aromatic rings. The third kappa shape index (κ3) is 4.23. The van der Waals surface area contributed by atoms with Gasteiger partial charge in [0.15, 0.2) is 5.65 Å². The zero-order valence-corrected chi connectivity index (χ0v) is 20.1. The third-order valence-electron chi connectivity index (χ3n) is 6.16. The minimum Gasteiger partial charge on any atom is -0.322 e. The fraction of sp³-hybridized carbons (Fsp3) is 0.308. The van der Waals surface area contributed by atoms with Crippen LogP contribution in [0.25, 0.3) is 16.7 Å². The van der Waals surface area contributed by atoms with Gasteiger partial charge in [0.2, 0.25) is 5.95 Å². The number of aromatic nitrogens is 5. The predicted octanol–water partition coefficient (Wildman–Crippen LogP) is 3.99. The van der Waals surface area contributed by atoms with E-state index in [-0.39, 0.29) is 29.3 Å². The first-order valence-electron chi connectivity index (χ1n) is 11.6. The number of nitrogens with one attached hydrogen (secondary N) is 2. The van der Waals surface area contributed by atoms with E-state index in [1.165, 1.54) is 6.20 Å². The molecule has 0 spiro atoms. The Morgan fingerprint density at radius 1 is 1.23 bits per heavy atom. The number of fused-ring (bicyclic) bond motifs is 2. The molecule has 2 N–H and O–H groups in total. The Balaban J connectivity index is 1.64. The summed E-state index contributed by atoms with van der Waals surface area (Å²) in [7, 11) is 0. The molecule has 180 valence electrons. The van der Waals surface area contributed by atoms with Crippen molar-refractivity contribution in [3.63, 3.8) is 0 Å². The zero-order valence-electron chi connectivity index (χ0n) is 20.1. The van der Waals surface area contributed by atoms with Crippen LogP contribution < -0.4 is 16.2 Å². The highest BCUT2D eigenvalue weighted by molar-refractivity contribution is 5.77. The summed E-state index contributed by atoms with van der Waals surface area (Å²) in [6.07, 6.45) is 5.65. The van der Waals surface area contributed by atoms with E-state index in [4.69, 9.17) is 0 Å². The number of hydrogen-bond donors (Lipinski definition) is 2. The maximum absolute atomic E-state index is 14.8. The lowest BCUT2D eigenvalue weighted by atomic mass is 9.91. The lowest BCUT2D eigenvalue weighted by molar-refractivity contribution is 0.563. The molecule has 0 saturated carbocycles. The molecular weight excluding hydrogens is 445 g/mol. The average Bonchev–Trinajstić information content (AvgIpc) is 3.10. The summed E-state index contributed by atoms with van der Waals surface area (Å²) in [5, 5.41) is 6.67. The molecule has 0 unspecified atom stereocenters. The van der Waals surface area contributed by atoms with Gasteiger partial charge in [-0.05, 0) is 48.4 Å². The summed E-state index contributed by atoms with van der Waals surface area (Å²) in [5.41, 5.74) is 3.98. The molecule has 0 atom stereocenters. The Morgan fingerprint density at radius 2 is 2.06 bits per heavy atom. The smallest absolute Gasteiger partial charge is 0.278 e. The normalized spacial score (nSPS) is 13.6. The molecular formula is C26H28FN7O. The van der Waals surface area contributed by atoms with Gasteiger partial charge in [-0.2, -0.15) is 4.98 Å². The number of nitrogens with zero attached hydrogens (tertiary/aromatic N) is 5. The summed E-state index contributed by atoms with van der Waals surface area (Å²) in [6, 6.07) is 7.14. The number of allylic oxidation sites excluding steroid dienone is 1. The minimum atomic E-state index is -0.361. The average molecular weight is 474 g/mol. The van der Waals surface area contributed by atoms with Crippen molar-refractivity contribution in [1.82, 2.24) is 29.6 Å². The summed E-state index contributed by atoms with van der Waals surface area (Å²) >= 11 is 0. The van der Waals surface area contributed by atoms with Crippen molar-refractivity contribution >= 4 is 22.7 Å². The van der Waals surface area contributed by atoms with Crippen molar-refractivity contribution in [3.05, 3.63) is 82.3 Å². The maximum atomic E-state index is 14.8. The number of benzene rings is 1. The van der Waals surface area contributed by atoms with Crippen LogP contribution in [0.3, 0.4) is 0 Å². The molecule has 1 aromatic carbocycles. The van der Waals surface area contributed by atoms with Crippen LogP contribution in [0.15, 0.2) is 54.1 Å². The van der Waals surface area contributed by atoms with E-state index in [0.29, 0.717) is 23.3 Å². The molecule has 1 aliphatic heterocycles.